The van der Waals surface area contributed by atoms with E-state index in [0.29, 0.717) is 12.5 Å². The van der Waals surface area contributed by atoms with Gasteiger partial charge in [0.1, 0.15) is 10.7 Å². The minimum Gasteiger partial charge on any atom is -0.398 e. The minimum atomic E-state index is -3.70. The normalized spacial score (nSPS) is 17.3. The van der Waals surface area contributed by atoms with Gasteiger partial charge in [-0.25, -0.2) is 17.1 Å². The van der Waals surface area contributed by atoms with Gasteiger partial charge in [0.2, 0.25) is 10.0 Å². The maximum atomic E-state index is 13.4. The maximum Gasteiger partial charge on any atom is 0.244 e. The first kappa shape index (κ1) is 16.7. The van der Waals surface area contributed by atoms with Crippen molar-refractivity contribution in [2.24, 2.45) is 5.92 Å². The number of nitrogen functional groups attached to an aromatic ring is 1. The molecule has 1 aromatic rings. The van der Waals surface area contributed by atoms with Gasteiger partial charge >= 0.3 is 0 Å². The summed E-state index contributed by atoms with van der Waals surface area (Å²) in [5.74, 6) is -0.176. The Labute approximate surface area is 133 Å². The minimum absolute atomic E-state index is 0.0471. The van der Waals surface area contributed by atoms with Gasteiger partial charge in [-0.2, -0.15) is 0 Å². The topological polar surface area (TPSA) is 63.4 Å². The molecule has 1 aliphatic carbocycles. The Bertz CT molecular complexity index is 616. The second-order valence-electron chi connectivity index (χ2n) is 5.59. The molecule has 1 fully saturated rings. The number of sulfonamides is 1. The van der Waals surface area contributed by atoms with Crippen molar-refractivity contribution in [2.75, 3.05) is 19.3 Å². The molecule has 1 aliphatic rings. The van der Waals surface area contributed by atoms with E-state index in [-0.39, 0.29) is 15.1 Å². The summed E-state index contributed by atoms with van der Waals surface area (Å²) in [4.78, 5) is -0.0471. The third-order valence-electron chi connectivity index (χ3n) is 3.98. The van der Waals surface area contributed by atoms with E-state index >= 15 is 0 Å². The highest BCUT2D eigenvalue weighted by molar-refractivity contribution is 9.10. The number of hydrogen-bond acceptors (Lipinski definition) is 3. The predicted octanol–water partition coefficient (Wildman–Crippen LogP) is 3.37. The molecule has 1 saturated carbocycles. The number of nitrogens with two attached hydrogens (primary N) is 1. The number of halogens is 2. The van der Waals surface area contributed by atoms with Gasteiger partial charge in [0, 0.05) is 13.6 Å². The molecule has 2 rings (SSSR count). The lowest BCUT2D eigenvalue weighted by atomic mass is 9.89. The lowest BCUT2D eigenvalue weighted by Crippen LogP contribution is -2.33. The van der Waals surface area contributed by atoms with Crippen molar-refractivity contribution in [1.82, 2.24) is 4.31 Å². The van der Waals surface area contributed by atoms with Crippen LogP contribution in [0.3, 0.4) is 0 Å². The van der Waals surface area contributed by atoms with Crippen molar-refractivity contribution in [3.63, 3.8) is 0 Å². The molecule has 7 heteroatoms. The first-order valence-corrected chi connectivity index (χ1v) is 9.26. The van der Waals surface area contributed by atoms with Gasteiger partial charge in [-0.15, -0.1) is 0 Å². The average molecular weight is 379 g/mol. The standard InChI is InChI=1S/C14H20BrFN2O2S/c1-18(9-10-5-3-2-4-6-10)21(19,20)14-7-11(15)12(16)8-13(14)17/h7-8,10H,2-6,9,17H2,1H3. The van der Waals surface area contributed by atoms with Crippen LogP contribution in [-0.2, 0) is 10.0 Å². The van der Waals surface area contributed by atoms with Crippen molar-refractivity contribution >= 4 is 31.6 Å². The summed E-state index contributed by atoms with van der Waals surface area (Å²) in [7, 11) is -2.14. The zero-order chi connectivity index (χ0) is 15.6. The Hall–Kier alpha value is -0.660. The van der Waals surface area contributed by atoms with E-state index in [4.69, 9.17) is 5.73 Å². The lowest BCUT2D eigenvalue weighted by molar-refractivity contribution is 0.300. The highest BCUT2D eigenvalue weighted by Crippen LogP contribution is 2.30. The van der Waals surface area contributed by atoms with Crippen molar-refractivity contribution < 1.29 is 12.8 Å². The summed E-state index contributed by atoms with van der Waals surface area (Å²) in [6, 6.07) is 2.27. The van der Waals surface area contributed by atoms with Crippen LogP contribution in [-0.4, -0.2) is 26.3 Å². The van der Waals surface area contributed by atoms with Gasteiger partial charge < -0.3 is 5.73 Å². The smallest absolute Gasteiger partial charge is 0.244 e. The van der Waals surface area contributed by atoms with Crippen LogP contribution in [0, 0.1) is 11.7 Å². The highest BCUT2D eigenvalue weighted by Gasteiger charge is 2.27. The highest BCUT2D eigenvalue weighted by atomic mass is 79.9. The maximum absolute atomic E-state index is 13.4. The summed E-state index contributed by atoms with van der Waals surface area (Å²) in [5.41, 5.74) is 5.62. The molecule has 21 heavy (non-hydrogen) atoms. The van der Waals surface area contributed by atoms with Gasteiger partial charge in [0.05, 0.1) is 10.2 Å². The van der Waals surface area contributed by atoms with Gasteiger partial charge in [-0.1, -0.05) is 19.3 Å². The van der Waals surface area contributed by atoms with Crippen LogP contribution >= 0.6 is 15.9 Å². The van der Waals surface area contributed by atoms with Crippen molar-refractivity contribution in [3.8, 4) is 0 Å². The number of hydrogen-bond donors (Lipinski definition) is 1. The third-order valence-corrected chi connectivity index (χ3v) is 6.47. The Kier molecular flexibility index (Phi) is 5.27. The van der Waals surface area contributed by atoms with E-state index in [1.54, 1.807) is 7.05 Å². The molecule has 0 radical (unpaired) electrons. The first-order valence-electron chi connectivity index (χ1n) is 7.03. The number of anilines is 1. The van der Waals surface area contributed by atoms with Crippen LogP contribution in [0.4, 0.5) is 10.1 Å². The lowest BCUT2D eigenvalue weighted by Gasteiger charge is -2.27. The van der Waals surface area contributed by atoms with Crippen LogP contribution in [0.5, 0.6) is 0 Å². The quantitative estimate of drug-likeness (QED) is 0.816. The van der Waals surface area contributed by atoms with Crippen LogP contribution in [0.25, 0.3) is 0 Å². The molecular formula is C14H20BrFN2O2S. The van der Waals surface area contributed by atoms with Crippen molar-refractivity contribution in [2.45, 2.75) is 37.0 Å². The molecule has 0 spiro atoms. The van der Waals surface area contributed by atoms with E-state index in [9.17, 15) is 12.8 Å². The van der Waals surface area contributed by atoms with Crippen molar-refractivity contribution in [1.29, 1.82) is 0 Å². The molecule has 0 aliphatic heterocycles. The van der Waals surface area contributed by atoms with Gasteiger partial charge in [0.25, 0.3) is 0 Å². The van der Waals surface area contributed by atoms with Crippen molar-refractivity contribution in [3.05, 3.63) is 22.4 Å². The van der Waals surface area contributed by atoms with Crippen LogP contribution in [0.1, 0.15) is 32.1 Å². The molecule has 118 valence electrons. The molecule has 0 aromatic heterocycles. The third kappa shape index (κ3) is 3.76. The first-order chi connectivity index (χ1) is 9.82. The summed E-state index contributed by atoms with van der Waals surface area (Å²) >= 11 is 3.01. The zero-order valence-corrected chi connectivity index (χ0v) is 14.4. The predicted molar refractivity (Wildman–Crippen MR) is 84.9 cm³/mol. The fraction of sp³-hybridized carbons (Fsp3) is 0.571. The molecule has 0 saturated heterocycles. The number of rotatable bonds is 4. The molecule has 0 amide bonds. The fourth-order valence-electron chi connectivity index (χ4n) is 2.77. The number of benzene rings is 1. The summed E-state index contributed by atoms with van der Waals surface area (Å²) in [5, 5.41) is 0. The molecule has 0 bridgehead atoms. The van der Waals surface area contributed by atoms with E-state index in [1.807, 2.05) is 0 Å². The van der Waals surface area contributed by atoms with E-state index in [0.717, 1.165) is 31.7 Å². The fourth-order valence-corrected chi connectivity index (χ4v) is 4.63. The van der Waals surface area contributed by atoms with E-state index in [1.165, 1.54) is 16.8 Å². The largest absolute Gasteiger partial charge is 0.398 e. The molecule has 0 unspecified atom stereocenters. The second kappa shape index (κ2) is 6.62. The molecule has 1 aromatic carbocycles. The Balaban J connectivity index is 2.22. The number of nitrogens with zero attached hydrogens (tertiary/aromatic N) is 1. The van der Waals surface area contributed by atoms with E-state index in [2.05, 4.69) is 15.9 Å². The summed E-state index contributed by atoms with van der Waals surface area (Å²) in [6.07, 6.45) is 5.65. The summed E-state index contributed by atoms with van der Waals surface area (Å²) < 4.78 is 40.0. The van der Waals surface area contributed by atoms with E-state index < -0.39 is 15.8 Å². The molecular weight excluding hydrogens is 359 g/mol. The monoisotopic (exact) mass is 378 g/mol. The molecule has 0 atom stereocenters. The second-order valence-corrected chi connectivity index (χ2v) is 8.46. The average Bonchev–Trinajstić information content (AvgIpc) is 2.43. The van der Waals surface area contributed by atoms with Gasteiger partial charge in [0.15, 0.2) is 0 Å². The van der Waals surface area contributed by atoms with Crippen LogP contribution in [0.15, 0.2) is 21.5 Å². The molecule has 2 N–H and O–H groups in total. The molecule has 4 nitrogen and oxygen atoms in total. The Morgan fingerprint density at radius 2 is 1.95 bits per heavy atom. The Morgan fingerprint density at radius 1 is 1.33 bits per heavy atom. The van der Waals surface area contributed by atoms with Gasteiger partial charge in [-0.05, 0) is 46.8 Å². The zero-order valence-electron chi connectivity index (χ0n) is 12.0. The SMILES string of the molecule is CN(CC1CCCCC1)S(=O)(=O)c1cc(Br)c(F)cc1N. The van der Waals surface area contributed by atoms with Crippen LogP contribution < -0.4 is 5.73 Å². The Morgan fingerprint density at radius 3 is 2.57 bits per heavy atom. The van der Waals surface area contributed by atoms with Gasteiger partial charge in [-0.3, -0.25) is 0 Å². The summed E-state index contributed by atoms with van der Waals surface area (Å²) in [6.45, 7) is 0.483. The van der Waals surface area contributed by atoms with Crippen LogP contribution in [0.2, 0.25) is 0 Å². The molecule has 0 heterocycles.